The van der Waals surface area contributed by atoms with E-state index >= 15 is 0 Å². The van der Waals surface area contributed by atoms with Crippen molar-refractivity contribution in [3.05, 3.63) is 58.4 Å². The molecule has 0 aliphatic heterocycles. The Bertz CT molecular complexity index is 1040. The zero-order chi connectivity index (χ0) is 25.0. The number of fused-ring (bicyclic) bond motifs is 1. The average Bonchev–Trinajstić information content (AvgIpc) is 3.10. The first-order valence-corrected chi connectivity index (χ1v) is 12.4. The number of H-pyrrole nitrogens is 1. The lowest BCUT2D eigenvalue weighted by Gasteiger charge is -2.28. The molecule has 1 aromatic heterocycles. The number of amides is 2. The van der Waals surface area contributed by atoms with Gasteiger partial charge in [0.2, 0.25) is 5.91 Å². The van der Waals surface area contributed by atoms with Crippen molar-refractivity contribution in [1.82, 2.24) is 15.6 Å². The van der Waals surface area contributed by atoms with E-state index in [0.717, 1.165) is 30.5 Å². The van der Waals surface area contributed by atoms with E-state index in [1.807, 2.05) is 37.3 Å². The predicted molar refractivity (Wildman–Crippen MR) is 135 cm³/mol. The fourth-order valence-electron chi connectivity index (χ4n) is 4.92. The Hall–Kier alpha value is -2.89. The Morgan fingerprint density at radius 1 is 1.09 bits per heavy atom. The van der Waals surface area contributed by atoms with Crippen molar-refractivity contribution in [3.63, 3.8) is 0 Å². The molecule has 3 rings (SSSR count). The van der Waals surface area contributed by atoms with Crippen LogP contribution in [-0.4, -0.2) is 28.6 Å². The van der Waals surface area contributed by atoms with Gasteiger partial charge in [0.05, 0.1) is 6.04 Å². The maximum absolute atomic E-state index is 13.3. The van der Waals surface area contributed by atoms with Gasteiger partial charge < -0.3 is 15.6 Å². The van der Waals surface area contributed by atoms with Gasteiger partial charge in [0.15, 0.2) is 5.78 Å². The van der Waals surface area contributed by atoms with Gasteiger partial charge >= 0.3 is 0 Å². The minimum atomic E-state index is -0.649. The standard InChI is InChI=1S/C28H39N3O3/c1-7-8-14-20(26(33)31-24(17(2)3)19-12-10-9-11-13-19)30-27(34)25-18(4)23-21(29-25)15-28(5,6)16-22(23)32/h9-13,17,20,24,29H,7-8,14-16H2,1-6H3,(H,30,34)(H,31,33)/t20-,24?/m0/s1. The third-order valence-electron chi connectivity index (χ3n) is 6.72. The van der Waals surface area contributed by atoms with Crippen molar-refractivity contribution in [1.29, 1.82) is 0 Å². The molecule has 1 aromatic carbocycles. The minimum Gasteiger partial charge on any atom is -0.354 e. The van der Waals surface area contributed by atoms with E-state index in [9.17, 15) is 14.4 Å². The van der Waals surface area contributed by atoms with Gasteiger partial charge in [0.1, 0.15) is 11.7 Å². The monoisotopic (exact) mass is 465 g/mol. The fraction of sp³-hybridized carbons (Fsp3) is 0.536. The van der Waals surface area contributed by atoms with E-state index < -0.39 is 6.04 Å². The Kier molecular flexibility index (Phi) is 8.01. The molecule has 0 fully saturated rings. The summed E-state index contributed by atoms with van der Waals surface area (Å²) in [6.07, 6.45) is 3.49. The molecular weight excluding hydrogens is 426 g/mol. The van der Waals surface area contributed by atoms with Crippen LogP contribution in [0.25, 0.3) is 0 Å². The lowest BCUT2D eigenvalue weighted by atomic mass is 9.75. The van der Waals surface area contributed by atoms with E-state index in [2.05, 4.69) is 50.2 Å². The normalized spacial score (nSPS) is 16.6. The Balaban J connectivity index is 1.81. The third-order valence-corrected chi connectivity index (χ3v) is 6.72. The predicted octanol–water partition coefficient (Wildman–Crippen LogP) is 5.28. The molecular formula is C28H39N3O3. The number of unbranched alkanes of at least 4 members (excludes halogenated alkanes) is 1. The summed E-state index contributed by atoms with van der Waals surface area (Å²) < 4.78 is 0. The molecule has 0 radical (unpaired) electrons. The number of aromatic amines is 1. The van der Waals surface area contributed by atoms with Crippen LogP contribution in [0.4, 0.5) is 0 Å². The zero-order valence-corrected chi connectivity index (χ0v) is 21.4. The van der Waals surface area contributed by atoms with E-state index in [4.69, 9.17) is 0 Å². The molecule has 6 heteroatoms. The lowest BCUT2D eigenvalue weighted by molar-refractivity contribution is -0.124. The van der Waals surface area contributed by atoms with E-state index in [-0.39, 0.29) is 35.0 Å². The summed E-state index contributed by atoms with van der Waals surface area (Å²) in [7, 11) is 0. The minimum absolute atomic E-state index is 0.0713. The Labute approximate surface area is 203 Å². The summed E-state index contributed by atoms with van der Waals surface area (Å²) in [5.41, 5.74) is 3.42. The number of hydrogen-bond donors (Lipinski definition) is 3. The van der Waals surface area contributed by atoms with Crippen LogP contribution in [0.5, 0.6) is 0 Å². The number of Topliss-reactive ketones (excluding diaryl/α,β-unsaturated/α-hetero) is 1. The van der Waals surface area contributed by atoms with Gasteiger partial charge in [0.25, 0.3) is 5.91 Å². The van der Waals surface area contributed by atoms with E-state index in [1.165, 1.54) is 0 Å². The van der Waals surface area contributed by atoms with Crippen LogP contribution in [0.3, 0.4) is 0 Å². The summed E-state index contributed by atoms with van der Waals surface area (Å²) in [6, 6.07) is 9.11. The number of aromatic nitrogens is 1. The highest BCUT2D eigenvalue weighted by atomic mass is 16.2. The molecule has 1 heterocycles. The van der Waals surface area contributed by atoms with Gasteiger partial charge in [-0.1, -0.05) is 77.8 Å². The van der Waals surface area contributed by atoms with Crippen LogP contribution in [0.15, 0.2) is 30.3 Å². The van der Waals surface area contributed by atoms with Gasteiger partial charge in [-0.2, -0.15) is 0 Å². The molecule has 0 spiro atoms. The van der Waals surface area contributed by atoms with Crippen molar-refractivity contribution in [3.8, 4) is 0 Å². The molecule has 1 aliphatic rings. The highest BCUT2D eigenvalue weighted by Gasteiger charge is 2.36. The van der Waals surface area contributed by atoms with Gasteiger partial charge in [-0.05, 0) is 42.2 Å². The van der Waals surface area contributed by atoms with Gasteiger partial charge in [-0.3, -0.25) is 14.4 Å². The van der Waals surface area contributed by atoms with E-state index in [1.54, 1.807) is 0 Å². The second-order valence-corrected chi connectivity index (χ2v) is 10.7. The quantitative estimate of drug-likeness (QED) is 0.470. The highest BCUT2D eigenvalue weighted by Crippen LogP contribution is 2.36. The van der Waals surface area contributed by atoms with Crippen molar-refractivity contribution < 1.29 is 14.4 Å². The van der Waals surface area contributed by atoms with Crippen LogP contribution >= 0.6 is 0 Å². The third kappa shape index (κ3) is 5.78. The zero-order valence-electron chi connectivity index (χ0n) is 21.4. The first kappa shape index (κ1) is 25.7. The first-order chi connectivity index (χ1) is 16.0. The largest absolute Gasteiger partial charge is 0.354 e. The number of rotatable bonds is 9. The van der Waals surface area contributed by atoms with Crippen LogP contribution < -0.4 is 10.6 Å². The summed E-state index contributed by atoms with van der Waals surface area (Å²) in [6.45, 7) is 12.1. The molecule has 2 atom stereocenters. The maximum Gasteiger partial charge on any atom is 0.268 e. The van der Waals surface area contributed by atoms with Crippen LogP contribution in [0.2, 0.25) is 0 Å². The van der Waals surface area contributed by atoms with E-state index in [0.29, 0.717) is 29.7 Å². The summed E-state index contributed by atoms with van der Waals surface area (Å²) in [4.78, 5) is 42.6. The van der Waals surface area contributed by atoms with Crippen LogP contribution in [0.1, 0.15) is 104 Å². The number of benzene rings is 1. The molecule has 1 aliphatic carbocycles. The summed E-state index contributed by atoms with van der Waals surface area (Å²) in [5.74, 6) is -0.257. The van der Waals surface area contributed by atoms with Gasteiger partial charge in [-0.25, -0.2) is 0 Å². The molecule has 1 unspecified atom stereocenters. The Morgan fingerprint density at radius 3 is 2.38 bits per heavy atom. The number of hydrogen-bond acceptors (Lipinski definition) is 3. The molecule has 0 saturated heterocycles. The molecule has 3 N–H and O–H groups in total. The van der Waals surface area contributed by atoms with Gasteiger partial charge in [0, 0.05) is 17.7 Å². The van der Waals surface area contributed by atoms with Crippen LogP contribution in [0, 0.1) is 18.3 Å². The lowest BCUT2D eigenvalue weighted by Crippen LogP contribution is -2.48. The molecule has 0 saturated carbocycles. The number of carbonyl (C=O) groups excluding carboxylic acids is 3. The van der Waals surface area contributed by atoms with Gasteiger partial charge in [-0.15, -0.1) is 0 Å². The second kappa shape index (κ2) is 10.6. The summed E-state index contributed by atoms with van der Waals surface area (Å²) in [5, 5.41) is 6.12. The van der Waals surface area contributed by atoms with Crippen LogP contribution in [-0.2, 0) is 11.2 Å². The highest BCUT2D eigenvalue weighted by molar-refractivity contribution is 6.05. The van der Waals surface area contributed by atoms with Crippen molar-refractivity contribution >= 4 is 17.6 Å². The Morgan fingerprint density at radius 2 is 1.76 bits per heavy atom. The molecule has 2 aromatic rings. The maximum atomic E-state index is 13.3. The molecule has 2 amide bonds. The molecule has 34 heavy (non-hydrogen) atoms. The number of ketones is 1. The SMILES string of the molecule is CCCC[C@H](NC(=O)c1[nH]c2c(c1C)C(=O)CC(C)(C)C2)C(=O)NC(c1ccccc1)C(C)C. The first-order valence-electron chi connectivity index (χ1n) is 12.4. The van der Waals surface area contributed by atoms with Crippen molar-refractivity contribution in [2.75, 3.05) is 0 Å². The van der Waals surface area contributed by atoms with Crippen molar-refractivity contribution in [2.45, 2.75) is 85.7 Å². The second-order valence-electron chi connectivity index (χ2n) is 10.7. The summed E-state index contributed by atoms with van der Waals surface area (Å²) >= 11 is 0. The molecule has 0 bridgehead atoms. The number of nitrogens with one attached hydrogen (secondary N) is 3. The topological polar surface area (TPSA) is 91.1 Å². The fourth-order valence-corrected chi connectivity index (χ4v) is 4.92. The number of carbonyl (C=O) groups is 3. The average molecular weight is 466 g/mol. The smallest absolute Gasteiger partial charge is 0.268 e. The molecule has 6 nitrogen and oxygen atoms in total. The molecule has 184 valence electrons. The van der Waals surface area contributed by atoms with Crippen molar-refractivity contribution in [2.24, 2.45) is 11.3 Å².